The zero-order valence-electron chi connectivity index (χ0n) is 17.9. The van der Waals surface area contributed by atoms with Gasteiger partial charge < -0.3 is 0 Å². The number of carbonyl (C=O) groups excluding carboxylic acids is 1. The van der Waals surface area contributed by atoms with Crippen LogP contribution < -0.4 is 0 Å². The number of halogens is 1. The van der Waals surface area contributed by atoms with Crippen molar-refractivity contribution in [3.8, 4) is 11.1 Å². The maximum absolute atomic E-state index is 13.2. The molecule has 1 fully saturated rings. The second-order valence-corrected chi connectivity index (χ2v) is 8.42. The highest BCUT2D eigenvalue weighted by atomic mass is 19.1. The molecule has 0 aliphatic carbocycles. The Morgan fingerprint density at radius 1 is 0.903 bits per heavy atom. The Labute approximate surface area is 183 Å². The number of pyridine rings is 1. The van der Waals surface area contributed by atoms with E-state index in [1.807, 2.05) is 24.4 Å². The number of likely N-dealkylation sites (tertiary alicyclic amines) is 1. The number of aryl methyl sites for hydroxylation is 1. The lowest BCUT2D eigenvalue weighted by Crippen LogP contribution is -2.28. The van der Waals surface area contributed by atoms with Crippen LogP contribution in [0.2, 0.25) is 0 Å². The van der Waals surface area contributed by atoms with Gasteiger partial charge in [-0.3, -0.25) is 14.7 Å². The summed E-state index contributed by atoms with van der Waals surface area (Å²) in [5.74, 6) is -0.145. The first kappa shape index (κ1) is 21.4. The van der Waals surface area contributed by atoms with Crippen LogP contribution in [0, 0.1) is 5.82 Å². The molecule has 1 saturated heterocycles. The summed E-state index contributed by atoms with van der Waals surface area (Å²) in [6, 6.07) is 19.1. The van der Waals surface area contributed by atoms with Crippen LogP contribution in [0.4, 0.5) is 4.39 Å². The average Bonchev–Trinajstić information content (AvgIpc) is 2.80. The van der Waals surface area contributed by atoms with E-state index in [0.29, 0.717) is 19.3 Å². The van der Waals surface area contributed by atoms with Crippen molar-refractivity contribution in [3.05, 3.63) is 89.5 Å². The molecule has 0 bridgehead atoms. The molecule has 160 valence electrons. The standard InChI is InChI=1S/C27H29FN2O/c28-25-6-4-5-21(17-25)9-14-27(31)18-26-13-12-24(19-29-26)23-10-7-22(8-11-23)20-30-15-2-1-3-16-30/h4-8,10-13,17,19H,1-3,9,14-16,18,20H2. The Bertz CT molecular complexity index is 993. The van der Waals surface area contributed by atoms with E-state index < -0.39 is 0 Å². The summed E-state index contributed by atoms with van der Waals surface area (Å²) in [6.45, 7) is 3.43. The number of rotatable bonds is 8. The molecule has 0 amide bonds. The smallest absolute Gasteiger partial charge is 0.139 e. The van der Waals surface area contributed by atoms with E-state index in [9.17, 15) is 9.18 Å². The summed E-state index contributed by atoms with van der Waals surface area (Å²) in [5, 5.41) is 0. The van der Waals surface area contributed by atoms with Crippen molar-refractivity contribution >= 4 is 5.78 Å². The van der Waals surface area contributed by atoms with Crippen molar-refractivity contribution in [1.29, 1.82) is 0 Å². The van der Waals surface area contributed by atoms with Crippen molar-refractivity contribution in [3.63, 3.8) is 0 Å². The molecule has 1 aliphatic heterocycles. The molecule has 1 aromatic heterocycles. The van der Waals surface area contributed by atoms with Crippen LogP contribution in [0.1, 0.15) is 42.5 Å². The normalized spacial score (nSPS) is 14.5. The SMILES string of the molecule is O=C(CCc1cccc(F)c1)Cc1ccc(-c2ccc(CN3CCCCC3)cc2)cn1. The van der Waals surface area contributed by atoms with Gasteiger partial charge in [0.15, 0.2) is 0 Å². The van der Waals surface area contributed by atoms with Crippen molar-refractivity contribution in [2.24, 2.45) is 0 Å². The largest absolute Gasteiger partial charge is 0.299 e. The van der Waals surface area contributed by atoms with Gasteiger partial charge in [-0.2, -0.15) is 0 Å². The monoisotopic (exact) mass is 416 g/mol. The van der Waals surface area contributed by atoms with Crippen LogP contribution in [0.3, 0.4) is 0 Å². The van der Waals surface area contributed by atoms with Crippen molar-refractivity contribution < 1.29 is 9.18 Å². The number of hydrogen-bond acceptors (Lipinski definition) is 3. The van der Waals surface area contributed by atoms with Gasteiger partial charge >= 0.3 is 0 Å². The fourth-order valence-electron chi connectivity index (χ4n) is 4.14. The molecule has 0 N–H and O–H groups in total. The highest BCUT2D eigenvalue weighted by Gasteiger charge is 2.11. The third-order valence-electron chi connectivity index (χ3n) is 5.93. The molecule has 0 radical (unpaired) electrons. The summed E-state index contributed by atoms with van der Waals surface area (Å²) in [4.78, 5) is 19.3. The minimum absolute atomic E-state index is 0.117. The molecule has 4 heteroatoms. The number of nitrogens with zero attached hydrogens (tertiary/aromatic N) is 2. The number of aromatic nitrogens is 1. The van der Waals surface area contributed by atoms with Crippen LogP contribution in [-0.2, 0) is 24.2 Å². The molecule has 2 heterocycles. The Balaban J connectivity index is 1.29. The van der Waals surface area contributed by atoms with E-state index in [0.717, 1.165) is 28.9 Å². The molecule has 0 atom stereocenters. The first-order valence-corrected chi connectivity index (χ1v) is 11.2. The second-order valence-electron chi connectivity index (χ2n) is 8.42. The molecule has 3 aromatic rings. The van der Waals surface area contributed by atoms with Crippen molar-refractivity contribution in [2.45, 2.75) is 45.1 Å². The lowest BCUT2D eigenvalue weighted by Gasteiger charge is -2.26. The van der Waals surface area contributed by atoms with Crippen LogP contribution in [0.25, 0.3) is 11.1 Å². The maximum atomic E-state index is 13.2. The van der Waals surface area contributed by atoms with Gasteiger partial charge in [0, 0.05) is 36.8 Å². The number of carbonyl (C=O) groups is 1. The fourth-order valence-corrected chi connectivity index (χ4v) is 4.14. The van der Waals surface area contributed by atoms with Crippen LogP contribution in [-0.4, -0.2) is 28.8 Å². The number of benzene rings is 2. The molecule has 2 aromatic carbocycles. The Kier molecular flexibility index (Phi) is 7.21. The molecular formula is C27H29FN2O. The van der Waals surface area contributed by atoms with Crippen LogP contribution >= 0.6 is 0 Å². The minimum Gasteiger partial charge on any atom is -0.299 e. The zero-order chi connectivity index (χ0) is 21.5. The van der Waals surface area contributed by atoms with Gasteiger partial charge in [0.05, 0.1) is 0 Å². The van der Waals surface area contributed by atoms with Gasteiger partial charge in [-0.25, -0.2) is 4.39 Å². The highest BCUT2D eigenvalue weighted by Crippen LogP contribution is 2.21. The van der Waals surface area contributed by atoms with Gasteiger partial charge in [0.2, 0.25) is 0 Å². The van der Waals surface area contributed by atoms with E-state index in [4.69, 9.17) is 0 Å². The first-order valence-electron chi connectivity index (χ1n) is 11.2. The van der Waals surface area contributed by atoms with E-state index >= 15 is 0 Å². The molecule has 4 rings (SSSR count). The molecule has 31 heavy (non-hydrogen) atoms. The average molecular weight is 417 g/mol. The van der Waals surface area contributed by atoms with Crippen molar-refractivity contribution in [1.82, 2.24) is 9.88 Å². The van der Waals surface area contributed by atoms with E-state index in [-0.39, 0.29) is 11.6 Å². The predicted molar refractivity (Wildman–Crippen MR) is 122 cm³/mol. The lowest BCUT2D eigenvalue weighted by molar-refractivity contribution is -0.118. The number of hydrogen-bond donors (Lipinski definition) is 0. The van der Waals surface area contributed by atoms with Gasteiger partial charge in [-0.15, -0.1) is 0 Å². The number of Topliss-reactive ketones (excluding diaryl/α,β-unsaturated/α-hetero) is 1. The maximum Gasteiger partial charge on any atom is 0.139 e. The quantitative estimate of drug-likeness (QED) is 0.478. The topological polar surface area (TPSA) is 33.2 Å². The summed E-state index contributed by atoms with van der Waals surface area (Å²) in [7, 11) is 0. The summed E-state index contributed by atoms with van der Waals surface area (Å²) >= 11 is 0. The third-order valence-corrected chi connectivity index (χ3v) is 5.93. The summed E-state index contributed by atoms with van der Waals surface area (Å²) in [5.41, 5.74) is 5.16. The molecular weight excluding hydrogens is 387 g/mol. The first-order chi connectivity index (χ1) is 15.2. The van der Waals surface area contributed by atoms with Gasteiger partial charge in [-0.1, -0.05) is 48.9 Å². The number of piperidine rings is 1. The molecule has 0 unspecified atom stereocenters. The van der Waals surface area contributed by atoms with Gasteiger partial charge in [0.1, 0.15) is 11.6 Å². The minimum atomic E-state index is -0.262. The molecule has 0 spiro atoms. The Morgan fingerprint density at radius 2 is 1.68 bits per heavy atom. The summed E-state index contributed by atoms with van der Waals surface area (Å²) < 4.78 is 13.2. The molecule has 3 nitrogen and oxygen atoms in total. The predicted octanol–water partition coefficient (Wildman–Crippen LogP) is 5.62. The Hall–Kier alpha value is -2.85. The fraction of sp³-hybridized carbons (Fsp3) is 0.333. The highest BCUT2D eigenvalue weighted by molar-refractivity contribution is 5.80. The molecule has 0 saturated carbocycles. The van der Waals surface area contributed by atoms with E-state index in [1.165, 1.54) is 50.0 Å². The molecule has 1 aliphatic rings. The zero-order valence-corrected chi connectivity index (χ0v) is 17.9. The van der Waals surface area contributed by atoms with Crippen LogP contribution in [0.15, 0.2) is 66.9 Å². The second kappa shape index (κ2) is 10.5. The van der Waals surface area contributed by atoms with E-state index in [1.54, 1.807) is 6.07 Å². The lowest BCUT2D eigenvalue weighted by atomic mass is 10.0. The van der Waals surface area contributed by atoms with Crippen LogP contribution in [0.5, 0.6) is 0 Å². The Morgan fingerprint density at radius 3 is 2.39 bits per heavy atom. The van der Waals surface area contributed by atoms with Crippen molar-refractivity contribution in [2.75, 3.05) is 13.1 Å². The number of ketones is 1. The van der Waals surface area contributed by atoms with Gasteiger partial charge in [0.25, 0.3) is 0 Å². The third kappa shape index (κ3) is 6.31. The van der Waals surface area contributed by atoms with Gasteiger partial charge in [-0.05, 0) is 67.2 Å². The summed E-state index contributed by atoms with van der Waals surface area (Å²) in [6.07, 6.45) is 7.08. The van der Waals surface area contributed by atoms with E-state index in [2.05, 4.69) is 34.1 Å².